The van der Waals surface area contributed by atoms with Crippen molar-refractivity contribution in [3.8, 4) is 0 Å². The highest BCUT2D eigenvalue weighted by atomic mass is 16.5. The number of nitrogens with one attached hydrogen (secondary N) is 1. The number of carbonyl (C=O) groups is 2. The number of aromatic amines is 1. The summed E-state index contributed by atoms with van der Waals surface area (Å²) in [5, 5.41) is 4.57. The van der Waals surface area contributed by atoms with Gasteiger partial charge < -0.3 is 19.3 Å². The largest absolute Gasteiger partial charge is 0.360 e. The van der Waals surface area contributed by atoms with Crippen molar-refractivity contribution in [3.63, 3.8) is 0 Å². The smallest absolute Gasteiger partial charge is 0.275 e. The average molecular weight is 366 g/mol. The molecule has 138 valence electrons. The van der Waals surface area contributed by atoms with Gasteiger partial charge in [-0.25, -0.2) is 0 Å². The molecule has 0 fully saturated rings. The molecule has 2 amide bonds. The summed E-state index contributed by atoms with van der Waals surface area (Å²) in [5.41, 5.74) is 1.48. The molecule has 4 rings (SSSR count). The molecular weight excluding hydrogens is 348 g/mol. The number of pyridine rings is 1. The van der Waals surface area contributed by atoms with Crippen LogP contribution in [0.15, 0.2) is 39.6 Å². The first-order valence-electron chi connectivity index (χ1n) is 8.56. The molecule has 3 aromatic rings. The van der Waals surface area contributed by atoms with Gasteiger partial charge in [0.2, 0.25) is 5.56 Å². The highest BCUT2D eigenvalue weighted by molar-refractivity contribution is 6.06. The molecule has 27 heavy (non-hydrogen) atoms. The molecule has 8 nitrogen and oxygen atoms in total. The van der Waals surface area contributed by atoms with Gasteiger partial charge in [0, 0.05) is 49.6 Å². The molecule has 0 bridgehead atoms. The molecule has 0 unspecified atom stereocenters. The first-order valence-corrected chi connectivity index (χ1v) is 8.56. The topological polar surface area (TPSA) is 99.5 Å². The van der Waals surface area contributed by atoms with Gasteiger partial charge in [-0.3, -0.25) is 14.4 Å². The predicted octanol–water partition coefficient (Wildman–Crippen LogP) is 1.42. The number of hydrogen-bond acceptors (Lipinski definition) is 5. The quantitative estimate of drug-likeness (QED) is 0.739. The van der Waals surface area contributed by atoms with Crippen LogP contribution in [0, 0.1) is 0 Å². The van der Waals surface area contributed by atoms with E-state index in [2.05, 4.69) is 10.1 Å². The average Bonchev–Trinajstić information content (AvgIpc) is 3.09. The van der Waals surface area contributed by atoms with Crippen molar-refractivity contribution < 1.29 is 14.1 Å². The number of rotatable bonds is 2. The van der Waals surface area contributed by atoms with E-state index in [1.807, 2.05) is 6.07 Å². The van der Waals surface area contributed by atoms with Crippen molar-refractivity contribution in [2.75, 3.05) is 20.6 Å². The first kappa shape index (κ1) is 17.0. The number of H-pyrrole nitrogens is 1. The van der Waals surface area contributed by atoms with E-state index in [4.69, 9.17) is 4.52 Å². The molecule has 1 aliphatic heterocycles. The summed E-state index contributed by atoms with van der Waals surface area (Å²) >= 11 is 0. The van der Waals surface area contributed by atoms with E-state index in [0.29, 0.717) is 40.8 Å². The van der Waals surface area contributed by atoms with Crippen molar-refractivity contribution in [1.29, 1.82) is 0 Å². The Bertz CT molecular complexity index is 1110. The van der Waals surface area contributed by atoms with Gasteiger partial charge in [-0.1, -0.05) is 23.4 Å². The molecule has 1 aromatic carbocycles. The Balaban J connectivity index is 1.71. The molecule has 1 aliphatic rings. The Kier molecular flexibility index (Phi) is 4.02. The second-order valence-electron chi connectivity index (χ2n) is 6.70. The van der Waals surface area contributed by atoms with Crippen LogP contribution in [0.25, 0.3) is 10.9 Å². The van der Waals surface area contributed by atoms with E-state index in [1.54, 1.807) is 37.2 Å². The third kappa shape index (κ3) is 2.88. The third-order valence-electron chi connectivity index (χ3n) is 4.70. The number of benzene rings is 1. The Hall–Kier alpha value is -3.42. The molecule has 8 heteroatoms. The fourth-order valence-corrected chi connectivity index (χ4v) is 3.31. The Labute approximate surface area is 154 Å². The lowest BCUT2D eigenvalue weighted by Gasteiger charge is -2.26. The zero-order valence-electron chi connectivity index (χ0n) is 15.0. The van der Waals surface area contributed by atoms with Gasteiger partial charge in [-0.15, -0.1) is 0 Å². The van der Waals surface area contributed by atoms with Crippen LogP contribution in [0.5, 0.6) is 0 Å². The van der Waals surface area contributed by atoms with Crippen LogP contribution in [-0.2, 0) is 13.0 Å². The maximum absolute atomic E-state index is 13.1. The molecule has 1 N–H and O–H groups in total. The standard InChI is InChI=1S/C19H18N4O4/c1-22(2)19(26)17-13-10-23(8-7-15(13)27-21-17)18(25)12-9-16(24)20-14-6-4-3-5-11(12)14/h3-6,9H,7-8,10H2,1-2H3,(H,20,24). The molecule has 0 spiro atoms. The monoisotopic (exact) mass is 366 g/mol. The van der Waals surface area contributed by atoms with Gasteiger partial charge in [0.1, 0.15) is 5.76 Å². The molecule has 0 aliphatic carbocycles. The number of fused-ring (bicyclic) bond motifs is 2. The second kappa shape index (κ2) is 6.39. The number of amides is 2. The fraction of sp³-hybridized carbons (Fsp3) is 0.263. The maximum Gasteiger partial charge on any atom is 0.275 e. The number of para-hydroxylation sites is 1. The van der Waals surface area contributed by atoms with Crippen LogP contribution in [0.4, 0.5) is 0 Å². The summed E-state index contributed by atoms with van der Waals surface area (Å²) in [6.45, 7) is 0.644. The Morgan fingerprint density at radius 1 is 1.26 bits per heavy atom. The first-order chi connectivity index (χ1) is 13.0. The van der Waals surface area contributed by atoms with Crippen LogP contribution >= 0.6 is 0 Å². The molecule has 0 atom stereocenters. The van der Waals surface area contributed by atoms with E-state index in [9.17, 15) is 14.4 Å². The van der Waals surface area contributed by atoms with Crippen LogP contribution in [0.2, 0.25) is 0 Å². The van der Waals surface area contributed by atoms with E-state index >= 15 is 0 Å². The summed E-state index contributed by atoms with van der Waals surface area (Å²) in [6, 6.07) is 8.50. The minimum atomic E-state index is -0.330. The van der Waals surface area contributed by atoms with Crippen molar-refractivity contribution in [1.82, 2.24) is 19.9 Å². The van der Waals surface area contributed by atoms with E-state index in [0.717, 1.165) is 0 Å². The van der Waals surface area contributed by atoms with Crippen molar-refractivity contribution in [2.45, 2.75) is 13.0 Å². The van der Waals surface area contributed by atoms with Gasteiger partial charge in [0.05, 0.1) is 12.1 Å². The SMILES string of the molecule is CN(C)C(=O)c1noc2c1CN(C(=O)c1cc(=O)[nH]c3ccccc13)CC2. The lowest BCUT2D eigenvalue weighted by molar-refractivity contribution is 0.0725. The van der Waals surface area contributed by atoms with Crippen molar-refractivity contribution in [2.24, 2.45) is 0 Å². The van der Waals surface area contributed by atoms with Gasteiger partial charge in [0.15, 0.2) is 5.69 Å². The summed E-state index contributed by atoms with van der Waals surface area (Å²) in [6.07, 6.45) is 0.468. The van der Waals surface area contributed by atoms with Crippen molar-refractivity contribution in [3.05, 3.63) is 63.3 Å². The highest BCUT2D eigenvalue weighted by Crippen LogP contribution is 2.25. The zero-order chi connectivity index (χ0) is 19.1. The minimum Gasteiger partial charge on any atom is -0.360 e. The third-order valence-corrected chi connectivity index (χ3v) is 4.70. The lowest BCUT2D eigenvalue weighted by Crippen LogP contribution is -2.37. The predicted molar refractivity (Wildman–Crippen MR) is 97.5 cm³/mol. The van der Waals surface area contributed by atoms with E-state index < -0.39 is 0 Å². The molecule has 0 saturated heterocycles. The number of nitrogens with zero attached hydrogens (tertiary/aromatic N) is 3. The number of carbonyl (C=O) groups excluding carboxylic acids is 2. The molecular formula is C19H18N4O4. The van der Waals surface area contributed by atoms with Gasteiger partial charge in [0.25, 0.3) is 11.8 Å². The van der Waals surface area contributed by atoms with Crippen LogP contribution in [0.1, 0.15) is 32.2 Å². The Morgan fingerprint density at radius 3 is 2.81 bits per heavy atom. The molecule has 0 saturated carbocycles. The molecule has 2 aromatic heterocycles. The van der Waals surface area contributed by atoms with Crippen LogP contribution in [0.3, 0.4) is 0 Å². The summed E-state index contributed by atoms with van der Waals surface area (Å²) < 4.78 is 5.29. The molecule has 0 radical (unpaired) electrons. The normalized spacial score (nSPS) is 13.5. The fourth-order valence-electron chi connectivity index (χ4n) is 3.31. The second-order valence-corrected chi connectivity index (χ2v) is 6.70. The summed E-state index contributed by atoms with van der Waals surface area (Å²) in [5.74, 6) is 0.100. The lowest BCUT2D eigenvalue weighted by atomic mass is 10.0. The van der Waals surface area contributed by atoms with Crippen LogP contribution < -0.4 is 5.56 Å². The summed E-state index contributed by atoms with van der Waals surface area (Å²) in [4.78, 5) is 43.2. The van der Waals surface area contributed by atoms with Gasteiger partial charge in [-0.2, -0.15) is 0 Å². The van der Waals surface area contributed by atoms with Gasteiger partial charge in [-0.05, 0) is 6.07 Å². The Morgan fingerprint density at radius 2 is 2.04 bits per heavy atom. The maximum atomic E-state index is 13.1. The number of hydrogen-bond donors (Lipinski definition) is 1. The van der Waals surface area contributed by atoms with Gasteiger partial charge >= 0.3 is 0 Å². The minimum absolute atomic E-state index is 0.216. The van der Waals surface area contributed by atoms with Crippen LogP contribution in [-0.4, -0.2) is 52.4 Å². The van der Waals surface area contributed by atoms with E-state index in [-0.39, 0.29) is 29.6 Å². The van der Waals surface area contributed by atoms with Crippen molar-refractivity contribution >= 4 is 22.7 Å². The zero-order valence-corrected chi connectivity index (χ0v) is 15.0. The number of aromatic nitrogens is 2. The highest BCUT2D eigenvalue weighted by Gasteiger charge is 2.31. The summed E-state index contributed by atoms with van der Waals surface area (Å²) in [7, 11) is 3.27. The van der Waals surface area contributed by atoms with E-state index in [1.165, 1.54) is 11.0 Å². The molecule has 3 heterocycles.